The molecule has 0 unspecified atom stereocenters. The number of aliphatic hydroxyl groups excluding tert-OH is 1. The van der Waals surface area contributed by atoms with Gasteiger partial charge in [0.1, 0.15) is 29.1 Å². The summed E-state index contributed by atoms with van der Waals surface area (Å²) in [5.41, 5.74) is 3.37. The molecule has 2 N–H and O–H groups in total. The number of hydrogen-bond donors (Lipinski definition) is 2. The van der Waals surface area contributed by atoms with E-state index in [1.807, 2.05) is 30.0 Å². The quantitative estimate of drug-likeness (QED) is 0.537. The Bertz CT molecular complexity index is 1160. The molecule has 0 spiro atoms. The van der Waals surface area contributed by atoms with Gasteiger partial charge in [0.15, 0.2) is 5.78 Å². The summed E-state index contributed by atoms with van der Waals surface area (Å²) in [6, 6.07) is 5.61. The van der Waals surface area contributed by atoms with E-state index in [9.17, 15) is 9.90 Å². The predicted molar refractivity (Wildman–Crippen MR) is 138 cm³/mol. The number of rotatable bonds is 8. The van der Waals surface area contributed by atoms with Crippen LogP contribution in [0.1, 0.15) is 54.9 Å². The van der Waals surface area contributed by atoms with E-state index >= 15 is 0 Å². The molecule has 0 saturated carbocycles. The molecule has 2 aliphatic rings. The standard InChI is InChI=1S/C27H36N4O5/c1-7-36-18-8-17-12-31(26(28)24(17)29-11-18)13-21(32)16-9-19(27(2,3)4)25(35-6)20(10-16)30-14-22(33)23(15-30)34-5/h8-11,22-23,28,33H,7,12-15H2,1-6H3/t22-,23-/m1/s1. The zero-order chi connectivity index (χ0) is 26.2. The van der Waals surface area contributed by atoms with E-state index < -0.39 is 6.10 Å². The number of ether oxygens (including phenoxy) is 3. The zero-order valence-electron chi connectivity index (χ0n) is 21.9. The lowest BCUT2D eigenvalue weighted by Gasteiger charge is -2.29. The highest BCUT2D eigenvalue weighted by molar-refractivity contribution is 6.05. The Labute approximate surface area is 212 Å². The molecule has 2 aliphatic heterocycles. The molecule has 0 radical (unpaired) electrons. The van der Waals surface area contributed by atoms with Crippen molar-refractivity contribution in [2.24, 2.45) is 0 Å². The van der Waals surface area contributed by atoms with E-state index in [1.54, 1.807) is 25.3 Å². The van der Waals surface area contributed by atoms with Gasteiger partial charge in [0.05, 0.1) is 38.2 Å². The molecule has 9 heteroatoms. The topological polar surface area (TPSA) is 108 Å². The van der Waals surface area contributed by atoms with E-state index in [1.165, 1.54) is 0 Å². The number of amidine groups is 1. The molecule has 36 heavy (non-hydrogen) atoms. The molecule has 0 aliphatic carbocycles. The Kier molecular flexibility index (Phi) is 7.24. The lowest BCUT2D eigenvalue weighted by Crippen LogP contribution is -2.31. The van der Waals surface area contributed by atoms with Crippen molar-refractivity contribution in [3.05, 3.63) is 46.8 Å². The maximum absolute atomic E-state index is 13.6. The first-order valence-electron chi connectivity index (χ1n) is 12.2. The van der Waals surface area contributed by atoms with E-state index in [0.717, 1.165) is 16.8 Å². The van der Waals surface area contributed by atoms with E-state index in [0.29, 0.717) is 49.0 Å². The molecule has 2 aromatic rings. The van der Waals surface area contributed by atoms with Gasteiger partial charge in [-0.25, -0.2) is 4.98 Å². The van der Waals surface area contributed by atoms with Crippen LogP contribution in [0.2, 0.25) is 0 Å². The average molecular weight is 497 g/mol. The van der Waals surface area contributed by atoms with Crippen molar-refractivity contribution in [3.63, 3.8) is 0 Å². The second-order valence-electron chi connectivity index (χ2n) is 10.3. The summed E-state index contributed by atoms with van der Waals surface area (Å²) in [5, 5.41) is 19.0. The molecule has 1 aromatic heterocycles. The highest BCUT2D eigenvalue weighted by Gasteiger charge is 2.35. The lowest BCUT2D eigenvalue weighted by atomic mass is 9.84. The van der Waals surface area contributed by atoms with Gasteiger partial charge in [-0.2, -0.15) is 0 Å². The number of hydrogen-bond acceptors (Lipinski definition) is 8. The van der Waals surface area contributed by atoms with E-state index in [-0.39, 0.29) is 29.7 Å². The number of pyridine rings is 1. The molecule has 4 rings (SSSR count). The lowest BCUT2D eigenvalue weighted by molar-refractivity contribution is 0.0217. The van der Waals surface area contributed by atoms with Gasteiger partial charge in [-0.05, 0) is 30.5 Å². The molecule has 1 saturated heterocycles. The summed E-state index contributed by atoms with van der Waals surface area (Å²) in [6.07, 6.45) is 0.672. The highest BCUT2D eigenvalue weighted by atomic mass is 16.5. The van der Waals surface area contributed by atoms with Gasteiger partial charge in [-0.15, -0.1) is 0 Å². The van der Waals surface area contributed by atoms with Crippen LogP contribution in [0.4, 0.5) is 5.69 Å². The Morgan fingerprint density at radius 2 is 1.97 bits per heavy atom. The van der Waals surface area contributed by atoms with E-state index in [4.69, 9.17) is 19.6 Å². The minimum absolute atomic E-state index is 0.0534. The molecule has 9 nitrogen and oxygen atoms in total. The third-order valence-corrected chi connectivity index (χ3v) is 6.77. The Morgan fingerprint density at radius 1 is 1.22 bits per heavy atom. The minimum Gasteiger partial charge on any atom is -0.494 e. The number of carbonyl (C=O) groups excluding carboxylic acids is 1. The van der Waals surface area contributed by atoms with E-state index in [2.05, 4.69) is 25.8 Å². The van der Waals surface area contributed by atoms with Crippen LogP contribution in [-0.2, 0) is 16.7 Å². The molecule has 0 amide bonds. The zero-order valence-corrected chi connectivity index (χ0v) is 21.9. The normalized spacial score (nSPS) is 19.6. The van der Waals surface area contributed by atoms with Crippen LogP contribution in [0.3, 0.4) is 0 Å². The number of anilines is 1. The fourth-order valence-electron chi connectivity index (χ4n) is 4.87. The summed E-state index contributed by atoms with van der Waals surface area (Å²) in [5.74, 6) is 1.48. The second-order valence-corrected chi connectivity index (χ2v) is 10.3. The summed E-state index contributed by atoms with van der Waals surface area (Å²) in [4.78, 5) is 21.7. The highest BCUT2D eigenvalue weighted by Crippen LogP contribution is 2.41. The maximum Gasteiger partial charge on any atom is 0.182 e. The smallest absolute Gasteiger partial charge is 0.182 e. The van der Waals surface area contributed by atoms with Crippen molar-refractivity contribution in [1.29, 1.82) is 5.41 Å². The third kappa shape index (κ3) is 4.90. The summed E-state index contributed by atoms with van der Waals surface area (Å²) in [7, 11) is 3.21. The van der Waals surface area contributed by atoms with Crippen molar-refractivity contribution in [3.8, 4) is 11.5 Å². The number of methoxy groups -OCH3 is 2. The molecular weight excluding hydrogens is 460 g/mol. The van der Waals surface area contributed by atoms with Crippen LogP contribution in [0, 0.1) is 5.41 Å². The van der Waals surface area contributed by atoms with Gasteiger partial charge in [-0.3, -0.25) is 10.2 Å². The van der Waals surface area contributed by atoms with Crippen LogP contribution >= 0.6 is 0 Å². The van der Waals surface area contributed by atoms with Crippen molar-refractivity contribution < 1.29 is 24.1 Å². The van der Waals surface area contributed by atoms with Crippen molar-refractivity contribution in [1.82, 2.24) is 9.88 Å². The number of benzene rings is 1. The van der Waals surface area contributed by atoms with Crippen molar-refractivity contribution in [2.75, 3.05) is 45.4 Å². The molecule has 2 atom stereocenters. The van der Waals surface area contributed by atoms with Gasteiger partial charge >= 0.3 is 0 Å². The number of aliphatic hydroxyl groups is 1. The number of ketones is 1. The fraction of sp³-hybridized carbons (Fsp3) is 0.519. The van der Waals surface area contributed by atoms with Gasteiger partial charge in [0, 0.05) is 43.4 Å². The Morgan fingerprint density at radius 3 is 2.58 bits per heavy atom. The van der Waals surface area contributed by atoms with Crippen molar-refractivity contribution >= 4 is 17.3 Å². The Balaban J connectivity index is 1.64. The maximum atomic E-state index is 13.6. The molecular formula is C27H36N4O5. The third-order valence-electron chi connectivity index (χ3n) is 6.77. The van der Waals surface area contributed by atoms with Gasteiger partial charge in [0.25, 0.3) is 0 Å². The first kappa shape index (κ1) is 25.9. The van der Waals surface area contributed by atoms with Crippen molar-refractivity contribution in [2.45, 2.75) is 51.9 Å². The molecule has 1 fully saturated rings. The number of nitrogens with zero attached hydrogens (tertiary/aromatic N) is 3. The van der Waals surface area contributed by atoms with Gasteiger partial charge in [0.2, 0.25) is 0 Å². The largest absolute Gasteiger partial charge is 0.494 e. The number of β-amino-alcohol motifs (C(OH)–C–C–N with tert-alkyl or cyclic N) is 1. The number of Topliss-reactive ketones (excluding diaryl/α,β-unsaturated/α-hetero) is 1. The first-order valence-corrected chi connectivity index (χ1v) is 12.2. The van der Waals surface area contributed by atoms with Crippen LogP contribution in [0.5, 0.6) is 11.5 Å². The molecule has 194 valence electrons. The summed E-state index contributed by atoms with van der Waals surface area (Å²) in [6.45, 7) is 10.0. The minimum atomic E-state index is -0.630. The molecule has 1 aromatic carbocycles. The summed E-state index contributed by atoms with van der Waals surface area (Å²) < 4.78 is 16.8. The molecule has 3 heterocycles. The predicted octanol–water partition coefficient (Wildman–Crippen LogP) is 3.01. The Hall–Kier alpha value is -3.17. The van der Waals surface area contributed by atoms with Gasteiger partial charge in [-0.1, -0.05) is 20.8 Å². The first-order chi connectivity index (χ1) is 17.1. The monoisotopic (exact) mass is 496 g/mol. The SMILES string of the molecule is CCOc1cnc2c(c1)CN(CC(=O)c1cc(N3C[C@@H](O)[C@H](OC)C3)c(OC)c(C(C)(C)C)c1)C2=N. The summed E-state index contributed by atoms with van der Waals surface area (Å²) >= 11 is 0. The van der Waals surface area contributed by atoms with Crippen LogP contribution < -0.4 is 14.4 Å². The molecule has 0 bridgehead atoms. The number of aromatic nitrogens is 1. The van der Waals surface area contributed by atoms with Crippen LogP contribution in [0.25, 0.3) is 0 Å². The second kappa shape index (κ2) is 10.1. The number of carbonyl (C=O) groups is 1. The van der Waals surface area contributed by atoms with Crippen LogP contribution in [-0.4, -0.2) is 79.3 Å². The fourth-order valence-corrected chi connectivity index (χ4v) is 4.87. The number of fused-ring (bicyclic) bond motifs is 1. The van der Waals surface area contributed by atoms with Gasteiger partial charge < -0.3 is 29.1 Å². The number of nitrogens with one attached hydrogen (secondary N) is 1. The average Bonchev–Trinajstić information content (AvgIpc) is 3.36. The van der Waals surface area contributed by atoms with Crippen LogP contribution in [0.15, 0.2) is 24.4 Å².